The molecule has 0 aliphatic carbocycles. The number of anilines is 1. The van der Waals surface area contributed by atoms with Crippen LogP contribution in [-0.2, 0) is 6.54 Å². The van der Waals surface area contributed by atoms with Crippen LogP contribution in [0.4, 0.5) is 10.1 Å². The standard InChI is InChI=1S/C17H19BrFNO2/c1-3-21-16-10-12(9-15(18)17(16)22-4-2)11-20-14-7-5-13(19)6-8-14/h5-10,20H,3-4,11H2,1-2H3. The highest BCUT2D eigenvalue weighted by Gasteiger charge is 2.11. The smallest absolute Gasteiger partial charge is 0.175 e. The fraction of sp³-hybridized carbons (Fsp3) is 0.294. The van der Waals surface area contributed by atoms with Crippen LogP contribution in [0.25, 0.3) is 0 Å². The lowest BCUT2D eigenvalue weighted by Gasteiger charge is -2.15. The van der Waals surface area contributed by atoms with E-state index in [9.17, 15) is 4.39 Å². The van der Waals surface area contributed by atoms with E-state index in [-0.39, 0.29) is 5.82 Å². The SMILES string of the molecule is CCOc1cc(CNc2ccc(F)cc2)cc(Br)c1OCC. The summed E-state index contributed by atoms with van der Waals surface area (Å²) in [6.45, 7) is 5.63. The maximum atomic E-state index is 12.9. The first-order valence-electron chi connectivity index (χ1n) is 7.21. The third kappa shape index (κ3) is 4.37. The van der Waals surface area contributed by atoms with Gasteiger partial charge in [0.2, 0.25) is 0 Å². The zero-order chi connectivity index (χ0) is 15.9. The number of benzene rings is 2. The molecule has 22 heavy (non-hydrogen) atoms. The van der Waals surface area contributed by atoms with E-state index in [1.807, 2.05) is 26.0 Å². The number of ether oxygens (including phenoxy) is 2. The van der Waals surface area contributed by atoms with E-state index in [1.54, 1.807) is 12.1 Å². The van der Waals surface area contributed by atoms with Gasteiger partial charge in [-0.2, -0.15) is 0 Å². The van der Waals surface area contributed by atoms with Gasteiger partial charge in [0.05, 0.1) is 17.7 Å². The third-order valence-corrected chi connectivity index (χ3v) is 3.59. The van der Waals surface area contributed by atoms with Crippen molar-refractivity contribution < 1.29 is 13.9 Å². The average molecular weight is 368 g/mol. The van der Waals surface area contributed by atoms with Gasteiger partial charge in [0.25, 0.3) is 0 Å². The fourth-order valence-electron chi connectivity index (χ4n) is 2.04. The van der Waals surface area contributed by atoms with Crippen LogP contribution in [0.15, 0.2) is 40.9 Å². The number of nitrogens with one attached hydrogen (secondary N) is 1. The van der Waals surface area contributed by atoms with Gasteiger partial charge in [-0.05, 0) is 71.7 Å². The van der Waals surface area contributed by atoms with E-state index < -0.39 is 0 Å². The summed E-state index contributed by atoms with van der Waals surface area (Å²) in [6, 6.07) is 10.2. The maximum absolute atomic E-state index is 12.9. The number of hydrogen-bond donors (Lipinski definition) is 1. The quantitative estimate of drug-likeness (QED) is 0.746. The Balaban J connectivity index is 2.15. The van der Waals surface area contributed by atoms with Crippen molar-refractivity contribution in [2.75, 3.05) is 18.5 Å². The second-order valence-corrected chi connectivity index (χ2v) is 5.49. The minimum atomic E-state index is -0.243. The molecule has 0 saturated heterocycles. The number of halogens is 2. The van der Waals surface area contributed by atoms with Crippen LogP contribution < -0.4 is 14.8 Å². The molecule has 1 N–H and O–H groups in total. The predicted molar refractivity (Wildman–Crippen MR) is 90.2 cm³/mol. The molecule has 0 amide bonds. The van der Waals surface area contributed by atoms with Gasteiger partial charge in [-0.3, -0.25) is 0 Å². The van der Waals surface area contributed by atoms with Crippen molar-refractivity contribution in [1.82, 2.24) is 0 Å². The second kappa shape index (κ2) is 8.03. The summed E-state index contributed by atoms with van der Waals surface area (Å²) >= 11 is 3.52. The van der Waals surface area contributed by atoms with Crippen molar-refractivity contribution in [2.45, 2.75) is 20.4 Å². The predicted octanol–water partition coefficient (Wildman–Crippen LogP) is 5.00. The topological polar surface area (TPSA) is 30.5 Å². The molecule has 0 saturated carbocycles. The molecular weight excluding hydrogens is 349 g/mol. The Labute approximate surface area is 138 Å². The van der Waals surface area contributed by atoms with Crippen LogP contribution in [0.3, 0.4) is 0 Å². The highest BCUT2D eigenvalue weighted by molar-refractivity contribution is 9.10. The van der Waals surface area contributed by atoms with Gasteiger partial charge in [0.15, 0.2) is 11.5 Å². The molecule has 0 aliphatic rings. The average Bonchev–Trinajstić information content (AvgIpc) is 2.50. The molecule has 0 aromatic heterocycles. The molecule has 0 spiro atoms. The number of hydrogen-bond acceptors (Lipinski definition) is 3. The van der Waals surface area contributed by atoms with Gasteiger partial charge in [-0.25, -0.2) is 4.39 Å². The summed E-state index contributed by atoms with van der Waals surface area (Å²) in [5.74, 6) is 1.19. The van der Waals surface area contributed by atoms with E-state index in [4.69, 9.17) is 9.47 Å². The third-order valence-electron chi connectivity index (χ3n) is 3.00. The summed E-state index contributed by atoms with van der Waals surface area (Å²) in [4.78, 5) is 0. The molecule has 118 valence electrons. The Bertz CT molecular complexity index is 617. The van der Waals surface area contributed by atoms with E-state index in [0.717, 1.165) is 27.2 Å². The van der Waals surface area contributed by atoms with E-state index in [0.29, 0.717) is 19.8 Å². The Morgan fingerprint density at radius 3 is 2.36 bits per heavy atom. The normalized spacial score (nSPS) is 10.4. The minimum absolute atomic E-state index is 0.243. The van der Waals surface area contributed by atoms with E-state index >= 15 is 0 Å². The Kier molecular flexibility index (Phi) is 6.07. The van der Waals surface area contributed by atoms with Crippen molar-refractivity contribution in [1.29, 1.82) is 0 Å². The highest BCUT2D eigenvalue weighted by Crippen LogP contribution is 2.37. The summed E-state index contributed by atoms with van der Waals surface area (Å²) < 4.78 is 25.0. The Morgan fingerprint density at radius 2 is 1.73 bits per heavy atom. The first-order valence-corrected chi connectivity index (χ1v) is 8.00. The minimum Gasteiger partial charge on any atom is -0.490 e. The first-order chi connectivity index (χ1) is 10.6. The monoisotopic (exact) mass is 367 g/mol. The zero-order valence-electron chi connectivity index (χ0n) is 12.7. The van der Waals surface area contributed by atoms with Gasteiger partial charge >= 0.3 is 0 Å². The van der Waals surface area contributed by atoms with Crippen molar-refractivity contribution in [2.24, 2.45) is 0 Å². The molecule has 2 aromatic rings. The summed E-state index contributed by atoms with van der Waals surface area (Å²) in [7, 11) is 0. The molecule has 5 heteroatoms. The largest absolute Gasteiger partial charge is 0.490 e. The van der Waals surface area contributed by atoms with Gasteiger partial charge < -0.3 is 14.8 Å². The van der Waals surface area contributed by atoms with Crippen LogP contribution in [0.5, 0.6) is 11.5 Å². The van der Waals surface area contributed by atoms with Crippen molar-refractivity contribution in [3.8, 4) is 11.5 Å². The maximum Gasteiger partial charge on any atom is 0.175 e. The lowest BCUT2D eigenvalue weighted by Crippen LogP contribution is -2.03. The highest BCUT2D eigenvalue weighted by atomic mass is 79.9. The molecule has 0 unspecified atom stereocenters. The zero-order valence-corrected chi connectivity index (χ0v) is 14.2. The van der Waals surface area contributed by atoms with Crippen LogP contribution in [0.2, 0.25) is 0 Å². The molecular formula is C17H19BrFNO2. The van der Waals surface area contributed by atoms with Gasteiger partial charge in [-0.15, -0.1) is 0 Å². The molecule has 2 aromatic carbocycles. The number of rotatable bonds is 7. The van der Waals surface area contributed by atoms with Gasteiger partial charge in [0.1, 0.15) is 5.82 Å². The molecule has 0 bridgehead atoms. The molecule has 0 heterocycles. The van der Waals surface area contributed by atoms with Crippen LogP contribution >= 0.6 is 15.9 Å². The van der Waals surface area contributed by atoms with Crippen molar-refractivity contribution in [3.63, 3.8) is 0 Å². The molecule has 0 radical (unpaired) electrons. The lowest BCUT2D eigenvalue weighted by molar-refractivity contribution is 0.286. The molecule has 2 rings (SSSR count). The van der Waals surface area contributed by atoms with E-state index in [1.165, 1.54) is 12.1 Å². The Hall–Kier alpha value is -1.75. The van der Waals surface area contributed by atoms with Crippen molar-refractivity contribution in [3.05, 3.63) is 52.3 Å². The summed E-state index contributed by atoms with van der Waals surface area (Å²) in [6.07, 6.45) is 0. The van der Waals surface area contributed by atoms with Gasteiger partial charge in [0, 0.05) is 12.2 Å². The van der Waals surface area contributed by atoms with Crippen LogP contribution in [0.1, 0.15) is 19.4 Å². The summed E-state index contributed by atoms with van der Waals surface area (Å²) in [5, 5.41) is 3.25. The van der Waals surface area contributed by atoms with Crippen LogP contribution in [0, 0.1) is 5.82 Å². The molecule has 0 atom stereocenters. The molecule has 3 nitrogen and oxygen atoms in total. The van der Waals surface area contributed by atoms with Crippen LogP contribution in [-0.4, -0.2) is 13.2 Å². The van der Waals surface area contributed by atoms with Crippen molar-refractivity contribution >= 4 is 21.6 Å². The first kappa shape index (κ1) is 16.6. The lowest BCUT2D eigenvalue weighted by atomic mass is 10.2. The molecule has 0 fully saturated rings. The second-order valence-electron chi connectivity index (χ2n) is 4.63. The summed E-state index contributed by atoms with van der Waals surface area (Å²) in [5.41, 5.74) is 1.91. The van der Waals surface area contributed by atoms with E-state index in [2.05, 4.69) is 21.2 Å². The molecule has 0 aliphatic heterocycles. The Morgan fingerprint density at radius 1 is 1.05 bits per heavy atom. The van der Waals surface area contributed by atoms with Gasteiger partial charge in [-0.1, -0.05) is 0 Å². The fourth-order valence-corrected chi connectivity index (χ4v) is 2.65.